The molecule has 0 radical (unpaired) electrons. The molecule has 2 amide bonds. The number of fused-ring (bicyclic) bond motifs is 1. The molecule has 2 heterocycles. The van der Waals surface area contributed by atoms with Crippen molar-refractivity contribution < 1.29 is 14.3 Å². The number of para-hydroxylation sites is 1. The lowest BCUT2D eigenvalue weighted by Gasteiger charge is -2.27. The Kier molecular flexibility index (Phi) is 5.91. The molecule has 2 N–H and O–H groups in total. The number of nitrogens with zero attached hydrogens (tertiary/aromatic N) is 1. The van der Waals surface area contributed by atoms with Crippen LogP contribution in [-0.2, 0) is 16.0 Å². The normalized spacial score (nSPS) is 19.7. The van der Waals surface area contributed by atoms with Crippen LogP contribution in [0.15, 0.2) is 18.2 Å². The molecule has 0 spiro atoms. The highest BCUT2D eigenvalue weighted by Crippen LogP contribution is 2.32. The third-order valence-electron chi connectivity index (χ3n) is 4.93. The first-order chi connectivity index (χ1) is 12.1. The Bertz CT molecular complexity index is 626. The third kappa shape index (κ3) is 4.72. The van der Waals surface area contributed by atoms with Gasteiger partial charge in [-0.1, -0.05) is 12.1 Å². The monoisotopic (exact) mass is 345 g/mol. The highest BCUT2D eigenvalue weighted by atomic mass is 16.5. The van der Waals surface area contributed by atoms with E-state index in [0.29, 0.717) is 31.1 Å². The van der Waals surface area contributed by atoms with E-state index in [2.05, 4.69) is 10.6 Å². The van der Waals surface area contributed by atoms with Gasteiger partial charge >= 0.3 is 0 Å². The summed E-state index contributed by atoms with van der Waals surface area (Å²) in [6.45, 7) is 3.19. The van der Waals surface area contributed by atoms with Crippen molar-refractivity contribution in [2.24, 2.45) is 5.92 Å². The summed E-state index contributed by atoms with van der Waals surface area (Å²) in [6, 6.07) is 5.76. The van der Waals surface area contributed by atoms with E-state index in [4.69, 9.17) is 4.74 Å². The van der Waals surface area contributed by atoms with Gasteiger partial charge in [0, 0.05) is 20.0 Å². The van der Waals surface area contributed by atoms with Crippen LogP contribution in [0.3, 0.4) is 0 Å². The van der Waals surface area contributed by atoms with Crippen molar-refractivity contribution in [3.8, 4) is 5.75 Å². The summed E-state index contributed by atoms with van der Waals surface area (Å²) in [4.78, 5) is 25.7. The number of carbonyl (C=O) groups excluding carboxylic acids is 2. The molecule has 1 fully saturated rings. The lowest BCUT2D eigenvalue weighted by molar-refractivity contribution is -0.131. The van der Waals surface area contributed by atoms with Gasteiger partial charge in [0.25, 0.3) is 0 Å². The van der Waals surface area contributed by atoms with Crippen LogP contribution in [0.1, 0.15) is 31.2 Å². The van der Waals surface area contributed by atoms with Crippen LogP contribution in [-0.4, -0.2) is 50.0 Å². The van der Waals surface area contributed by atoms with Crippen molar-refractivity contribution in [3.05, 3.63) is 23.8 Å². The van der Waals surface area contributed by atoms with Crippen LogP contribution >= 0.6 is 0 Å². The minimum atomic E-state index is 0.0143. The van der Waals surface area contributed by atoms with Crippen molar-refractivity contribution in [2.75, 3.05) is 38.6 Å². The molecule has 1 aromatic rings. The fraction of sp³-hybridized carbons (Fsp3) is 0.579. The number of ether oxygens (including phenoxy) is 1. The van der Waals surface area contributed by atoms with E-state index in [-0.39, 0.29) is 11.8 Å². The molecular weight excluding hydrogens is 318 g/mol. The molecule has 0 bridgehead atoms. The number of nitrogens with one attached hydrogen (secondary N) is 2. The van der Waals surface area contributed by atoms with E-state index >= 15 is 0 Å². The molecule has 1 atom stereocenters. The average Bonchev–Trinajstić information content (AvgIpc) is 2.62. The molecule has 6 heteroatoms. The summed E-state index contributed by atoms with van der Waals surface area (Å²) in [7, 11) is 1.86. The van der Waals surface area contributed by atoms with E-state index in [1.54, 1.807) is 0 Å². The maximum absolute atomic E-state index is 12.3. The second kappa shape index (κ2) is 8.34. The molecule has 136 valence electrons. The number of benzene rings is 1. The van der Waals surface area contributed by atoms with E-state index in [9.17, 15) is 9.59 Å². The van der Waals surface area contributed by atoms with Gasteiger partial charge in [0.1, 0.15) is 5.75 Å². The zero-order chi connectivity index (χ0) is 17.6. The number of aryl methyl sites for hydroxylation is 1. The van der Waals surface area contributed by atoms with Gasteiger partial charge in [-0.05, 0) is 49.9 Å². The van der Waals surface area contributed by atoms with Gasteiger partial charge in [-0.15, -0.1) is 0 Å². The fourth-order valence-electron chi connectivity index (χ4n) is 3.51. The van der Waals surface area contributed by atoms with Crippen molar-refractivity contribution in [1.82, 2.24) is 10.2 Å². The summed E-state index contributed by atoms with van der Waals surface area (Å²) in [5.74, 6) is 1.30. The van der Waals surface area contributed by atoms with Crippen LogP contribution in [0.5, 0.6) is 5.75 Å². The second-order valence-electron chi connectivity index (χ2n) is 6.92. The predicted octanol–water partition coefficient (Wildman–Crippen LogP) is 1.80. The van der Waals surface area contributed by atoms with Crippen molar-refractivity contribution in [2.45, 2.75) is 32.1 Å². The Balaban J connectivity index is 1.47. The van der Waals surface area contributed by atoms with Crippen LogP contribution in [0, 0.1) is 5.92 Å². The molecule has 2 aliphatic heterocycles. The van der Waals surface area contributed by atoms with Gasteiger partial charge in [0.05, 0.1) is 18.7 Å². The molecule has 2 aliphatic rings. The molecule has 0 aliphatic carbocycles. The summed E-state index contributed by atoms with van der Waals surface area (Å²) in [5, 5.41) is 6.26. The maximum Gasteiger partial charge on any atom is 0.225 e. The predicted molar refractivity (Wildman–Crippen MR) is 96.7 cm³/mol. The summed E-state index contributed by atoms with van der Waals surface area (Å²) in [5.41, 5.74) is 1.85. The summed E-state index contributed by atoms with van der Waals surface area (Å²) >= 11 is 0. The van der Waals surface area contributed by atoms with Gasteiger partial charge in [0.15, 0.2) is 0 Å². The minimum Gasteiger partial charge on any atom is -0.491 e. The first-order valence-electron chi connectivity index (χ1n) is 9.12. The van der Waals surface area contributed by atoms with Crippen molar-refractivity contribution in [3.63, 3.8) is 0 Å². The molecule has 0 aromatic heterocycles. The Labute approximate surface area is 148 Å². The first kappa shape index (κ1) is 17.7. The SMILES string of the molecule is CN(CC1CCCNC1)C(=O)CCOc1cccc2c1NC(=O)CC2. The van der Waals surface area contributed by atoms with E-state index in [0.717, 1.165) is 37.3 Å². The van der Waals surface area contributed by atoms with Gasteiger partial charge in [-0.3, -0.25) is 9.59 Å². The highest BCUT2D eigenvalue weighted by Gasteiger charge is 2.20. The van der Waals surface area contributed by atoms with Crippen molar-refractivity contribution >= 4 is 17.5 Å². The largest absolute Gasteiger partial charge is 0.491 e. The number of hydrogen-bond donors (Lipinski definition) is 2. The van der Waals surface area contributed by atoms with Gasteiger partial charge in [-0.25, -0.2) is 0 Å². The fourth-order valence-corrected chi connectivity index (χ4v) is 3.51. The van der Waals surface area contributed by atoms with Crippen LogP contribution < -0.4 is 15.4 Å². The van der Waals surface area contributed by atoms with Gasteiger partial charge in [0.2, 0.25) is 11.8 Å². The Hall–Kier alpha value is -2.08. The molecule has 25 heavy (non-hydrogen) atoms. The zero-order valence-corrected chi connectivity index (χ0v) is 14.8. The highest BCUT2D eigenvalue weighted by molar-refractivity contribution is 5.95. The molecule has 1 unspecified atom stereocenters. The number of hydrogen-bond acceptors (Lipinski definition) is 4. The smallest absolute Gasteiger partial charge is 0.225 e. The first-order valence-corrected chi connectivity index (χ1v) is 9.12. The number of anilines is 1. The topological polar surface area (TPSA) is 70.7 Å². The van der Waals surface area contributed by atoms with Gasteiger partial charge in [-0.2, -0.15) is 0 Å². The summed E-state index contributed by atoms with van der Waals surface area (Å²) in [6.07, 6.45) is 3.94. The number of carbonyl (C=O) groups is 2. The summed E-state index contributed by atoms with van der Waals surface area (Å²) < 4.78 is 5.79. The Morgan fingerprint density at radius 2 is 2.24 bits per heavy atom. The Morgan fingerprint density at radius 3 is 3.04 bits per heavy atom. The minimum absolute atomic E-state index is 0.0143. The number of amides is 2. The lowest BCUT2D eigenvalue weighted by Crippen LogP contribution is -2.39. The van der Waals surface area contributed by atoms with E-state index in [1.807, 2.05) is 30.1 Å². The van der Waals surface area contributed by atoms with Crippen molar-refractivity contribution in [1.29, 1.82) is 0 Å². The molecular formula is C19H27N3O3. The maximum atomic E-state index is 12.3. The second-order valence-corrected chi connectivity index (χ2v) is 6.92. The lowest BCUT2D eigenvalue weighted by atomic mass is 9.99. The molecule has 3 rings (SSSR count). The standard InChI is InChI=1S/C19H27N3O3/c1-22(13-14-4-3-10-20-12-14)18(24)9-11-25-16-6-2-5-15-7-8-17(23)21-19(15)16/h2,5-6,14,20H,3-4,7-13H2,1H3,(H,21,23). The Morgan fingerprint density at radius 1 is 1.36 bits per heavy atom. The van der Waals surface area contributed by atoms with Gasteiger partial charge < -0.3 is 20.3 Å². The van der Waals surface area contributed by atoms with Crippen LogP contribution in [0.25, 0.3) is 0 Å². The van der Waals surface area contributed by atoms with E-state index in [1.165, 1.54) is 12.8 Å². The van der Waals surface area contributed by atoms with Crippen LogP contribution in [0.4, 0.5) is 5.69 Å². The van der Waals surface area contributed by atoms with E-state index < -0.39 is 0 Å². The van der Waals surface area contributed by atoms with Crippen LogP contribution in [0.2, 0.25) is 0 Å². The molecule has 0 saturated carbocycles. The number of piperidine rings is 1. The third-order valence-corrected chi connectivity index (χ3v) is 4.93. The molecule has 1 aromatic carbocycles. The average molecular weight is 345 g/mol. The molecule has 6 nitrogen and oxygen atoms in total. The number of rotatable bonds is 6. The molecule has 1 saturated heterocycles. The quantitative estimate of drug-likeness (QED) is 0.825. The zero-order valence-electron chi connectivity index (χ0n) is 14.8.